The monoisotopic (exact) mass is 1380 g/mol. The van der Waals surface area contributed by atoms with E-state index >= 15 is 0 Å². The van der Waals surface area contributed by atoms with E-state index in [1.807, 2.05) is 21.1 Å². The van der Waals surface area contributed by atoms with Crippen LogP contribution in [-0.4, -0.2) is 82.3 Å². The van der Waals surface area contributed by atoms with Gasteiger partial charge in [-0.1, -0.05) is 373 Å². The molecular formula is C90H157NO8. The summed E-state index contributed by atoms with van der Waals surface area (Å²) in [6.07, 6.45) is 110. The number of nitrogens with zero attached hydrogens (tertiary/aromatic N) is 1. The Balaban J connectivity index is 4.04. The van der Waals surface area contributed by atoms with Crippen LogP contribution in [0.2, 0.25) is 0 Å². The maximum atomic E-state index is 13.0. The highest BCUT2D eigenvalue weighted by Gasteiger charge is 2.22. The molecule has 0 saturated heterocycles. The maximum Gasteiger partial charge on any atom is 0.306 e. The van der Waals surface area contributed by atoms with E-state index in [2.05, 4.69) is 135 Å². The average molecular weight is 1380 g/mol. The lowest BCUT2D eigenvalue weighted by Crippen LogP contribution is -2.44. The fourth-order valence-electron chi connectivity index (χ4n) is 11.9. The van der Waals surface area contributed by atoms with Crippen LogP contribution in [-0.2, 0) is 33.3 Å². The summed E-state index contributed by atoms with van der Waals surface area (Å²) in [5, 5.41) is 11.9. The van der Waals surface area contributed by atoms with Gasteiger partial charge in [-0.3, -0.25) is 9.59 Å². The van der Waals surface area contributed by atoms with Crippen LogP contribution in [0.4, 0.5) is 0 Å². The van der Waals surface area contributed by atoms with E-state index in [0.29, 0.717) is 23.9 Å². The minimum absolute atomic E-state index is 0.143. The Bertz CT molecular complexity index is 2050. The molecule has 0 aromatic heterocycles. The SMILES string of the molecule is CC/C=C\C/C=C\C/C=C\C/C=C\C/C=C\C/C=C\C/C=C\C/C=C\C/C=C\CCCCCCCCCCCC(=O)OC(COC(=O)CCCCCCCCCCCCCCCCCCCCCCCCCCC/C=C\CCCCCCCCCC)COC(OCC[N+](C)(C)C)C(=O)[O-]. The van der Waals surface area contributed by atoms with Gasteiger partial charge in [0.25, 0.3) is 0 Å². The Hall–Kier alpha value is -4.31. The molecule has 0 N–H and O–H groups in total. The zero-order valence-corrected chi connectivity index (χ0v) is 65.3. The normalized spacial score (nSPS) is 13.3. The highest BCUT2D eigenvalue weighted by atomic mass is 16.7. The lowest BCUT2D eigenvalue weighted by atomic mass is 10.0. The number of unbranched alkanes of at least 4 members (excludes halogenated alkanes) is 42. The van der Waals surface area contributed by atoms with Crippen molar-refractivity contribution >= 4 is 17.9 Å². The molecule has 0 aromatic carbocycles. The first-order valence-electron chi connectivity index (χ1n) is 41.7. The molecule has 0 fully saturated rings. The molecule has 0 radical (unpaired) electrons. The van der Waals surface area contributed by atoms with Gasteiger partial charge in [0.1, 0.15) is 13.2 Å². The number of esters is 2. The Kier molecular flexibility index (Phi) is 75.9. The second-order valence-electron chi connectivity index (χ2n) is 29.0. The van der Waals surface area contributed by atoms with Crippen molar-refractivity contribution in [3.8, 4) is 0 Å². The van der Waals surface area contributed by atoms with Gasteiger partial charge in [-0.15, -0.1) is 0 Å². The second kappa shape index (κ2) is 79.4. The molecule has 570 valence electrons. The zero-order valence-electron chi connectivity index (χ0n) is 65.3. The number of carboxylic acids is 1. The minimum atomic E-state index is -1.63. The van der Waals surface area contributed by atoms with Crippen molar-refractivity contribution in [1.29, 1.82) is 0 Å². The molecule has 0 rings (SSSR count). The smallest absolute Gasteiger partial charge is 0.306 e. The van der Waals surface area contributed by atoms with Crippen molar-refractivity contribution in [2.45, 2.75) is 386 Å². The molecule has 0 aromatic rings. The fourth-order valence-corrected chi connectivity index (χ4v) is 11.9. The maximum absolute atomic E-state index is 13.0. The Morgan fingerprint density at radius 2 is 0.576 bits per heavy atom. The van der Waals surface area contributed by atoms with E-state index in [1.54, 1.807) is 0 Å². The topological polar surface area (TPSA) is 111 Å². The van der Waals surface area contributed by atoms with Gasteiger partial charge in [0.05, 0.1) is 40.3 Å². The van der Waals surface area contributed by atoms with Gasteiger partial charge in [-0.25, -0.2) is 0 Å². The molecule has 9 heteroatoms. The standard InChI is InChI=1S/C90H157NO8/c1-6-8-10-12-14-16-18-20-22-24-26-28-30-32-34-36-38-40-42-44-46-48-50-52-54-56-58-60-62-64-66-68-70-72-74-76-78-80-87(92)97-84-86(85-98-90(89(94)95)96-83-82-91(3,4)5)99-88(93)81-79-77-75-73-71-69-67-65-63-61-59-57-55-53-51-49-47-45-43-41-39-37-35-33-31-29-27-25-23-21-19-17-15-13-11-9-7-2/h9,11,15,17,21,23-24,26-27,29,33,35,39,41,45,47,51,53,57,59,86,90H,6-8,10,12-14,16,18-20,22,25,28,30-32,34,36-38,40,42-44,46,48-50,52,54-56,58,60-85H2,1-5H3/b11-9-,17-15-,23-21-,26-24-,29-27-,35-33-,41-39-,47-45-,53-51-,59-57-. The number of likely N-dealkylation sites (N-methyl/N-ethyl adjacent to an activating group) is 1. The highest BCUT2D eigenvalue weighted by molar-refractivity contribution is 5.70. The average Bonchev–Trinajstić information content (AvgIpc) is 2.19. The van der Waals surface area contributed by atoms with Crippen molar-refractivity contribution in [2.24, 2.45) is 0 Å². The van der Waals surface area contributed by atoms with Crippen LogP contribution >= 0.6 is 0 Å². The van der Waals surface area contributed by atoms with Gasteiger partial charge in [-0.2, -0.15) is 0 Å². The molecule has 0 spiro atoms. The van der Waals surface area contributed by atoms with Gasteiger partial charge in [0.2, 0.25) is 0 Å². The Morgan fingerprint density at radius 3 is 0.869 bits per heavy atom. The molecular weight excluding hydrogens is 1220 g/mol. The Morgan fingerprint density at radius 1 is 0.313 bits per heavy atom. The number of carbonyl (C=O) groups is 3. The summed E-state index contributed by atoms with van der Waals surface area (Å²) in [5.41, 5.74) is 0. The number of rotatable bonds is 77. The number of quaternary nitrogens is 1. The van der Waals surface area contributed by atoms with Gasteiger partial charge in [0, 0.05) is 12.8 Å². The predicted molar refractivity (Wildman–Crippen MR) is 426 cm³/mol. The molecule has 2 unspecified atom stereocenters. The third-order valence-electron chi connectivity index (χ3n) is 18.2. The largest absolute Gasteiger partial charge is 0.545 e. The first kappa shape index (κ1) is 94.7. The fraction of sp³-hybridized carbons (Fsp3) is 0.744. The van der Waals surface area contributed by atoms with Crippen LogP contribution < -0.4 is 5.11 Å². The van der Waals surface area contributed by atoms with Gasteiger partial charge in [-0.05, 0) is 109 Å². The van der Waals surface area contributed by atoms with Crippen LogP contribution in [0.25, 0.3) is 0 Å². The summed E-state index contributed by atoms with van der Waals surface area (Å²) in [4.78, 5) is 37.6. The van der Waals surface area contributed by atoms with E-state index in [0.717, 1.165) is 103 Å². The van der Waals surface area contributed by atoms with Crippen LogP contribution in [0, 0.1) is 0 Å². The minimum Gasteiger partial charge on any atom is -0.545 e. The molecule has 0 bridgehead atoms. The van der Waals surface area contributed by atoms with Crippen molar-refractivity contribution in [2.75, 3.05) is 47.5 Å². The quantitative estimate of drug-likeness (QED) is 0.0195. The van der Waals surface area contributed by atoms with E-state index in [1.165, 1.54) is 238 Å². The van der Waals surface area contributed by atoms with E-state index < -0.39 is 24.3 Å². The van der Waals surface area contributed by atoms with Gasteiger partial charge < -0.3 is 33.3 Å². The molecule has 0 heterocycles. The van der Waals surface area contributed by atoms with E-state index in [9.17, 15) is 19.5 Å². The summed E-state index contributed by atoms with van der Waals surface area (Å²) in [6, 6.07) is 0. The molecule has 99 heavy (non-hydrogen) atoms. The van der Waals surface area contributed by atoms with Crippen molar-refractivity contribution < 1.29 is 42.9 Å². The number of hydrogen-bond acceptors (Lipinski definition) is 8. The predicted octanol–water partition coefficient (Wildman–Crippen LogP) is 25.7. The molecule has 0 saturated carbocycles. The third kappa shape index (κ3) is 80.9. The first-order chi connectivity index (χ1) is 48.6. The highest BCUT2D eigenvalue weighted by Crippen LogP contribution is 2.19. The number of carboxylic acid groups (broad SMARTS) is 1. The van der Waals surface area contributed by atoms with E-state index in [4.69, 9.17) is 18.9 Å². The number of carbonyl (C=O) groups excluding carboxylic acids is 3. The van der Waals surface area contributed by atoms with Gasteiger partial charge in [0.15, 0.2) is 12.4 Å². The summed E-state index contributed by atoms with van der Waals surface area (Å²) in [6.45, 7) is 4.66. The van der Waals surface area contributed by atoms with Crippen LogP contribution in [0.3, 0.4) is 0 Å². The number of hydrogen-bond donors (Lipinski definition) is 0. The molecule has 9 nitrogen and oxygen atoms in total. The van der Waals surface area contributed by atoms with Crippen LogP contribution in [0.1, 0.15) is 373 Å². The van der Waals surface area contributed by atoms with Crippen molar-refractivity contribution in [1.82, 2.24) is 0 Å². The van der Waals surface area contributed by atoms with Crippen molar-refractivity contribution in [3.05, 3.63) is 122 Å². The Labute approximate surface area is 612 Å². The number of allylic oxidation sites excluding steroid dienone is 20. The summed E-state index contributed by atoms with van der Waals surface area (Å²) < 4.78 is 22.9. The number of aliphatic carboxylic acids is 1. The summed E-state index contributed by atoms with van der Waals surface area (Å²) in [5.74, 6) is -2.28. The lowest BCUT2D eigenvalue weighted by molar-refractivity contribution is -0.870. The first-order valence-corrected chi connectivity index (χ1v) is 41.7. The second-order valence-corrected chi connectivity index (χ2v) is 29.0. The van der Waals surface area contributed by atoms with Gasteiger partial charge >= 0.3 is 11.9 Å². The summed E-state index contributed by atoms with van der Waals surface area (Å²) in [7, 11) is 5.94. The molecule has 0 aliphatic rings. The molecule has 0 aliphatic heterocycles. The third-order valence-corrected chi connectivity index (χ3v) is 18.2. The zero-order chi connectivity index (χ0) is 71.8. The summed E-state index contributed by atoms with van der Waals surface area (Å²) >= 11 is 0. The van der Waals surface area contributed by atoms with Crippen molar-refractivity contribution in [3.63, 3.8) is 0 Å². The molecule has 2 atom stereocenters. The number of ether oxygens (including phenoxy) is 4. The van der Waals surface area contributed by atoms with Crippen LogP contribution in [0.5, 0.6) is 0 Å². The van der Waals surface area contributed by atoms with Crippen LogP contribution in [0.15, 0.2) is 122 Å². The van der Waals surface area contributed by atoms with E-state index in [-0.39, 0.29) is 32.2 Å². The molecule has 0 aliphatic carbocycles. The lowest BCUT2D eigenvalue weighted by Gasteiger charge is -2.26. The molecule has 0 amide bonds.